The minimum absolute atomic E-state index is 0.0553. The third kappa shape index (κ3) is 6.22. The maximum atomic E-state index is 14.4. The molecule has 0 aliphatic heterocycles. The summed E-state index contributed by atoms with van der Waals surface area (Å²) in [5, 5.41) is 2.85. The van der Waals surface area contributed by atoms with Crippen LogP contribution in [0.5, 0.6) is 0 Å². The summed E-state index contributed by atoms with van der Waals surface area (Å²) in [4.78, 5) is 27.1. The predicted octanol–water partition coefficient (Wildman–Crippen LogP) is 4.15. The highest BCUT2D eigenvalue weighted by atomic mass is 35.5. The Morgan fingerprint density at radius 3 is 2.19 bits per heavy atom. The molecule has 36 heavy (non-hydrogen) atoms. The van der Waals surface area contributed by atoms with E-state index in [0.29, 0.717) is 5.02 Å². The number of sulfonamides is 1. The van der Waals surface area contributed by atoms with Crippen molar-refractivity contribution in [3.8, 4) is 0 Å². The van der Waals surface area contributed by atoms with Gasteiger partial charge in [-0.3, -0.25) is 13.9 Å². The molecule has 0 heterocycles. The highest BCUT2D eigenvalue weighted by molar-refractivity contribution is 7.92. The Morgan fingerprint density at radius 1 is 1.00 bits per heavy atom. The van der Waals surface area contributed by atoms with Crippen molar-refractivity contribution in [2.45, 2.75) is 31.3 Å². The van der Waals surface area contributed by atoms with Crippen molar-refractivity contribution in [1.82, 2.24) is 10.2 Å². The number of amides is 2. The third-order valence-corrected chi connectivity index (χ3v) is 7.75. The van der Waals surface area contributed by atoms with E-state index in [1.165, 1.54) is 56.4 Å². The van der Waals surface area contributed by atoms with Gasteiger partial charge in [-0.05, 0) is 56.3 Å². The number of carbonyl (C=O) groups is 2. The number of carbonyl (C=O) groups excluding carboxylic acids is 2. The van der Waals surface area contributed by atoms with Crippen molar-refractivity contribution in [3.05, 3.63) is 94.8 Å². The number of halogens is 2. The first kappa shape index (κ1) is 27.2. The molecule has 1 atom stereocenters. The smallest absolute Gasteiger partial charge is 0.264 e. The van der Waals surface area contributed by atoms with Gasteiger partial charge < -0.3 is 10.2 Å². The van der Waals surface area contributed by atoms with Gasteiger partial charge >= 0.3 is 0 Å². The predicted molar refractivity (Wildman–Crippen MR) is 138 cm³/mol. The summed E-state index contributed by atoms with van der Waals surface area (Å²) in [6.07, 6.45) is 0. The zero-order valence-corrected chi connectivity index (χ0v) is 21.7. The van der Waals surface area contributed by atoms with Gasteiger partial charge in [0.2, 0.25) is 11.8 Å². The zero-order valence-electron chi connectivity index (χ0n) is 20.1. The van der Waals surface area contributed by atoms with Gasteiger partial charge in [0.05, 0.1) is 10.6 Å². The Morgan fingerprint density at radius 2 is 1.61 bits per heavy atom. The van der Waals surface area contributed by atoms with Crippen molar-refractivity contribution in [2.24, 2.45) is 0 Å². The van der Waals surface area contributed by atoms with Gasteiger partial charge in [0.15, 0.2) is 0 Å². The summed E-state index contributed by atoms with van der Waals surface area (Å²) in [5.41, 5.74) is 1.37. The molecule has 2 amide bonds. The van der Waals surface area contributed by atoms with E-state index in [9.17, 15) is 22.4 Å². The Hall–Kier alpha value is -3.43. The normalized spacial score (nSPS) is 12.0. The van der Waals surface area contributed by atoms with E-state index in [-0.39, 0.29) is 22.7 Å². The standard InChI is InChI=1S/C26H27ClFN3O4S/c1-18-8-12-22(13-9-18)31(36(34,35)23-14-10-21(27)11-15-23)17-25(32)30(19(2)26(33)29-3)16-20-6-4-5-7-24(20)28/h4-15,19H,16-17H2,1-3H3,(H,29,33)/t19-/m1/s1. The molecule has 0 fully saturated rings. The minimum atomic E-state index is -4.19. The Balaban J connectivity index is 2.03. The lowest BCUT2D eigenvalue weighted by Crippen LogP contribution is -2.50. The molecule has 0 saturated heterocycles. The van der Waals surface area contributed by atoms with Gasteiger partial charge in [0.1, 0.15) is 18.4 Å². The largest absolute Gasteiger partial charge is 0.357 e. The van der Waals surface area contributed by atoms with E-state index in [0.717, 1.165) is 14.8 Å². The van der Waals surface area contributed by atoms with Crippen LogP contribution in [0, 0.1) is 12.7 Å². The lowest BCUT2D eigenvalue weighted by Gasteiger charge is -2.31. The van der Waals surface area contributed by atoms with Gasteiger partial charge in [0, 0.05) is 24.2 Å². The molecule has 0 spiro atoms. The molecular weight excluding hydrogens is 505 g/mol. The maximum Gasteiger partial charge on any atom is 0.264 e. The second-order valence-corrected chi connectivity index (χ2v) is 10.5. The van der Waals surface area contributed by atoms with E-state index in [2.05, 4.69) is 5.32 Å². The van der Waals surface area contributed by atoms with Gasteiger partial charge in [-0.1, -0.05) is 47.5 Å². The molecule has 7 nitrogen and oxygen atoms in total. The van der Waals surface area contributed by atoms with Crippen LogP contribution in [0.2, 0.25) is 5.02 Å². The van der Waals surface area contributed by atoms with Crippen molar-refractivity contribution in [2.75, 3.05) is 17.9 Å². The zero-order chi connectivity index (χ0) is 26.5. The van der Waals surface area contributed by atoms with E-state index in [1.54, 1.807) is 30.3 Å². The van der Waals surface area contributed by atoms with Gasteiger partial charge in [-0.2, -0.15) is 0 Å². The molecule has 190 valence electrons. The lowest BCUT2D eigenvalue weighted by atomic mass is 10.1. The Bertz CT molecular complexity index is 1330. The number of likely N-dealkylation sites (N-methyl/N-ethyl adjacent to an activating group) is 1. The molecule has 3 aromatic rings. The molecular formula is C26H27ClFN3O4S. The molecule has 0 saturated carbocycles. The summed E-state index contributed by atoms with van der Waals surface area (Å²) in [7, 11) is -2.77. The summed E-state index contributed by atoms with van der Waals surface area (Å²) >= 11 is 5.93. The molecule has 0 aromatic heterocycles. The summed E-state index contributed by atoms with van der Waals surface area (Å²) in [6, 6.07) is 17.2. The van der Waals surface area contributed by atoms with Crippen molar-refractivity contribution in [1.29, 1.82) is 0 Å². The van der Waals surface area contributed by atoms with E-state index < -0.39 is 40.2 Å². The van der Waals surface area contributed by atoms with Crippen LogP contribution in [-0.4, -0.2) is 44.8 Å². The molecule has 3 aromatic carbocycles. The van der Waals surface area contributed by atoms with Gasteiger partial charge in [0.25, 0.3) is 10.0 Å². The highest BCUT2D eigenvalue weighted by Crippen LogP contribution is 2.26. The fourth-order valence-electron chi connectivity index (χ4n) is 3.58. The summed E-state index contributed by atoms with van der Waals surface area (Å²) in [6.45, 7) is 2.53. The first-order valence-corrected chi connectivity index (χ1v) is 13.0. The molecule has 3 rings (SSSR count). The molecule has 1 N–H and O–H groups in total. The van der Waals surface area contributed by atoms with E-state index >= 15 is 0 Å². The van der Waals surface area contributed by atoms with Crippen LogP contribution >= 0.6 is 11.6 Å². The topological polar surface area (TPSA) is 86.8 Å². The quantitative estimate of drug-likeness (QED) is 0.449. The van der Waals surface area contributed by atoms with Crippen LogP contribution in [0.25, 0.3) is 0 Å². The Labute approximate surface area is 215 Å². The van der Waals surface area contributed by atoms with Crippen LogP contribution in [0.3, 0.4) is 0 Å². The SMILES string of the molecule is CNC(=O)[C@@H](C)N(Cc1ccccc1F)C(=O)CN(c1ccc(C)cc1)S(=O)(=O)c1ccc(Cl)cc1. The first-order valence-electron chi connectivity index (χ1n) is 11.1. The number of hydrogen-bond donors (Lipinski definition) is 1. The molecule has 0 aliphatic carbocycles. The number of hydrogen-bond acceptors (Lipinski definition) is 4. The number of nitrogens with one attached hydrogen (secondary N) is 1. The maximum absolute atomic E-state index is 14.4. The summed E-state index contributed by atoms with van der Waals surface area (Å²) in [5.74, 6) is -1.68. The number of benzene rings is 3. The average molecular weight is 532 g/mol. The molecule has 10 heteroatoms. The first-order chi connectivity index (χ1) is 17.0. The van der Waals surface area contributed by atoms with Crippen molar-refractivity contribution < 1.29 is 22.4 Å². The van der Waals surface area contributed by atoms with Crippen LogP contribution in [0.4, 0.5) is 10.1 Å². The Kier molecular flexibility index (Phi) is 8.70. The van der Waals surface area contributed by atoms with Crippen molar-refractivity contribution >= 4 is 39.1 Å². The second kappa shape index (κ2) is 11.5. The van der Waals surface area contributed by atoms with Crippen LogP contribution in [-0.2, 0) is 26.2 Å². The number of aryl methyl sites for hydroxylation is 1. The van der Waals surface area contributed by atoms with E-state index in [1.807, 2.05) is 6.92 Å². The minimum Gasteiger partial charge on any atom is -0.357 e. The van der Waals surface area contributed by atoms with Crippen LogP contribution in [0.15, 0.2) is 77.7 Å². The van der Waals surface area contributed by atoms with Gasteiger partial charge in [-0.25, -0.2) is 12.8 Å². The third-order valence-electron chi connectivity index (χ3n) is 5.71. The molecule has 0 bridgehead atoms. The number of rotatable bonds is 9. The fraction of sp³-hybridized carbons (Fsp3) is 0.231. The lowest BCUT2D eigenvalue weighted by molar-refractivity contribution is -0.139. The average Bonchev–Trinajstić information content (AvgIpc) is 2.86. The van der Waals surface area contributed by atoms with Crippen LogP contribution in [0.1, 0.15) is 18.1 Å². The monoisotopic (exact) mass is 531 g/mol. The van der Waals surface area contributed by atoms with Crippen LogP contribution < -0.4 is 9.62 Å². The molecule has 0 radical (unpaired) electrons. The summed E-state index contributed by atoms with van der Waals surface area (Å²) < 4.78 is 42.7. The molecule has 0 aliphatic rings. The highest BCUT2D eigenvalue weighted by Gasteiger charge is 2.32. The number of nitrogens with zero attached hydrogens (tertiary/aromatic N) is 2. The fourth-order valence-corrected chi connectivity index (χ4v) is 5.12. The second-order valence-electron chi connectivity index (χ2n) is 8.20. The van der Waals surface area contributed by atoms with E-state index in [4.69, 9.17) is 11.6 Å². The number of anilines is 1. The van der Waals surface area contributed by atoms with Crippen molar-refractivity contribution in [3.63, 3.8) is 0 Å². The van der Waals surface area contributed by atoms with Gasteiger partial charge in [-0.15, -0.1) is 0 Å². The molecule has 0 unspecified atom stereocenters.